The standard InChI is InChI=1S/C26H24F4N4O3/c27-21-12-18(13-31)6-9-22(21)34-16-23(35)32(14-17-4-7-20(8-5-17)26(28,29)30)10-11-33(15-24(34)36)25(37)19-2-1-3-19/h4-9,12,19H,1-3,10-11,14-16H2. The Bertz CT molecular complexity index is 1240. The van der Waals surface area contributed by atoms with Crippen LogP contribution in [0.25, 0.3) is 0 Å². The summed E-state index contributed by atoms with van der Waals surface area (Å²) in [7, 11) is 0. The summed E-state index contributed by atoms with van der Waals surface area (Å²) >= 11 is 0. The van der Waals surface area contributed by atoms with Crippen LogP contribution in [0.15, 0.2) is 42.5 Å². The Morgan fingerprint density at radius 2 is 1.70 bits per heavy atom. The predicted molar refractivity (Wildman–Crippen MR) is 124 cm³/mol. The highest BCUT2D eigenvalue weighted by atomic mass is 19.4. The average Bonchev–Trinajstić information content (AvgIpc) is 2.87. The number of alkyl halides is 3. The molecule has 0 spiro atoms. The largest absolute Gasteiger partial charge is 0.416 e. The number of halogens is 4. The summed E-state index contributed by atoms with van der Waals surface area (Å²) in [6.07, 6.45) is -2.20. The Labute approximate surface area is 210 Å². The first-order valence-corrected chi connectivity index (χ1v) is 11.8. The van der Waals surface area contributed by atoms with Crippen molar-refractivity contribution >= 4 is 23.4 Å². The van der Waals surface area contributed by atoms with Crippen LogP contribution < -0.4 is 4.90 Å². The summed E-state index contributed by atoms with van der Waals surface area (Å²) in [5.74, 6) is -2.52. The molecule has 0 unspecified atom stereocenters. The van der Waals surface area contributed by atoms with Crippen molar-refractivity contribution in [3.05, 3.63) is 65.0 Å². The van der Waals surface area contributed by atoms with Crippen LogP contribution in [-0.2, 0) is 27.1 Å². The minimum absolute atomic E-state index is 0.0370. The number of hydrogen-bond donors (Lipinski definition) is 0. The molecule has 1 saturated heterocycles. The van der Waals surface area contributed by atoms with Crippen molar-refractivity contribution in [2.24, 2.45) is 5.92 Å². The summed E-state index contributed by atoms with van der Waals surface area (Å²) in [5.41, 5.74) is -0.558. The molecular formula is C26H24F4N4O3. The van der Waals surface area contributed by atoms with E-state index in [0.29, 0.717) is 18.4 Å². The van der Waals surface area contributed by atoms with Crippen LogP contribution in [0.3, 0.4) is 0 Å². The molecule has 2 fully saturated rings. The van der Waals surface area contributed by atoms with E-state index in [1.54, 1.807) is 6.07 Å². The maximum Gasteiger partial charge on any atom is 0.416 e. The minimum atomic E-state index is -4.50. The number of nitrogens with zero attached hydrogens (tertiary/aromatic N) is 4. The van der Waals surface area contributed by atoms with Gasteiger partial charge in [-0.3, -0.25) is 19.3 Å². The Balaban J connectivity index is 1.63. The Hall–Kier alpha value is -3.94. The number of anilines is 1. The molecule has 1 aliphatic carbocycles. The molecule has 0 aromatic heterocycles. The molecule has 1 aliphatic heterocycles. The van der Waals surface area contributed by atoms with Crippen LogP contribution in [0.2, 0.25) is 0 Å². The Morgan fingerprint density at radius 1 is 1.00 bits per heavy atom. The predicted octanol–water partition coefficient (Wildman–Crippen LogP) is 3.72. The number of amides is 3. The van der Waals surface area contributed by atoms with Crippen molar-refractivity contribution < 1.29 is 31.9 Å². The summed E-state index contributed by atoms with van der Waals surface area (Å²) < 4.78 is 53.6. The first-order chi connectivity index (χ1) is 17.6. The number of benzene rings is 2. The van der Waals surface area contributed by atoms with Gasteiger partial charge >= 0.3 is 6.18 Å². The third-order valence-corrected chi connectivity index (χ3v) is 6.70. The molecule has 0 atom stereocenters. The molecule has 194 valence electrons. The smallest absolute Gasteiger partial charge is 0.335 e. The molecule has 2 aliphatic rings. The number of nitriles is 1. The molecule has 0 radical (unpaired) electrons. The molecule has 37 heavy (non-hydrogen) atoms. The fourth-order valence-electron chi connectivity index (χ4n) is 4.32. The van der Waals surface area contributed by atoms with E-state index in [2.05, 4.69) is 0 Å². The van der Waals surface area contributed by atoms with Crippen LogP contribution in [-0.4, -0.2) is 53.7 Å². The van der Waals surface area contributed by atoms with Gasteiger partial charge in [-0.05, 0) is 48.7 Å². The lowest BCUT2D eigenvalue weighted by atomic mass is 9.84. The van der Waals surface area contributed by atoms with E-state index in [9.17, 15) is 31.9 Å². The molecule has 0 N–H and O–H groups in total. The van der Waals surface area contributed by atoms with E-state index in [1.165, 1.54) is 34.1 Å². The molecule has 1 saturated carbocycles. The van der Waals surface area contributed by atoms with Gasteiger partial charge in [-0.2, -0.15) is 18.4 Å². The second kappa shape index (κ2) is 10.6. The van der Waals surface area contributed by atoms with E-state index in [-0.39, 0.29) is 49.3 Å². The van der Waals surface area contributed by atoms with E-state index in [1.807, 2.05) is 0 Å². The van der Waals surface area contributed by atoms with Gasteiger partial charge < -0.3 is 9.80 Å². The van der Waals surface area contributed by atoms with E-state index < -0.39 is 35.9 Å². The van der Waals surface area contributed by atoms with Crippen LogP contribution in [0.5, 0.6) is 0 Å². The molecule has 1 heterocycles. The molecule has 0 bridgehead atoms. The summed E-state index contributed by atoms with van der Waals surface area (Å²) in [5, 5.41) is 9.03. The number of hydrogen-bond acceptors (Lipinski definition) is 4. The Kier molecular flexibility index (Phi) is 7.47. The zero-order valence-electron chi connectivity index (χ0n) is 19.8. The highest BCUT2D eigenvalue weighted by molar-refractivity contribution is 6.01. The van der Waals surface area contributed by atoms with Crippen LogP contribution in [0, 0.1) is 23.1 Å². The number of carbonyl (C=O) groups is 3. The van der Waals surface area contributed by atoms with E-state index in [0.717, 1.165) is 29.5 Å². The maximum absolute atomic E-state index is 14.8. The van der Waals surface area contributed by atoms with Crippen molar-refractivity contribution in [2.75, 3.05) is 31.1 Å². The monoisotopic (exact) mass is 516 g/mol. The van der Waals surface area contributed by atoms with Crippen molar-refractivity contribution in [1.82, 2.24) is 9.80 Å². The lowest BCUT2D eigenvalue weighted by Gasteiger charge is -2.32. The highest BCUT2D eigenvalue weighted by Gasteiger charge is 2.35. The van der Waals surface area contributed by atoms with Crippen molar-refractivity contribution in [3.8, 4) is 6.07 Å². The van der Waals surface area contributed by atoms with Gasteiger partial charge in [-0.15, -0.1) is 0 Å². The van der Waals surface area contributed by atoms with Crippen LogP contribution in [0.4, 0.5) is 23.2 Å². The van der Waals surface area contributed by atoms with Gasteiger partial charge in [0.2, 0.25) is 17.7 Å². The first kappa shape index (κ1) is 26.1. The average molecular weight is 516 g/mol. The quantitative estimate of drug-likeness (QED) is 0.580. The zero-order valence-corrected chi connectivity index (χ0v) is 19.8. The van der Waals surface area contributed by atoms with Gasteiger partial charge in [0.05, 0.1) is 22.9 Å². The first-order valence-electron chi connectivity index (χ1n) is 11.8. The van der Waals surface area contributed by atoms with Crippen LogP contribution >= 0.6 is 0 Å². The van der Waals surface area contributed by atoms with Gasteiger partial charge in [0.15, 0.2) is 0 Å². The molecule has 2 aromatic carbocycles. The third-order valence-electron chi connectivity index (χ3n) is 6.70. The number of rotatable bonds is 4. The van der Waals surface area contributed by atoms with E-state index >= 15 is 0 Å². The lowest BCUT2D eigenvalue weighted by molar-refractivity contribution is -0.141. The maximum atomic E-state index is 14.8. The summed E-state index contributed by atoms with van der Waals surface area (Å²) in [6.45, 7) is -0.837. The SMILES string of the molecule is N#Cc1ccc(N2CC(=O)N(Cc3ccc(C(F)(F)F)cc3)CCN(C(=O)C3CCC3)CC2=O)c(F)c1. The molecule has 11 heteroatoms. The van der Waals surface area contributed by atoms with Gasteiger partial charge in [0.1, 0.15) is 18.9 Å². The third kappa shape index (κ3) is 5.90. The lowest BCUT2D eigenvalue weighted by Crippen LogP contribution is -2.47. The van der Waals surface area contributed by atoms with Gasteiger partial charge in [0, 0.05) is 25.6 Å². The zero-order chi connectivity index (χ0) is 26.7. The highest BCUT2D eigenvalue weighted by Crippen LogP contribution is 2.30. The minimum Gasteiger partial charge on any atom is -0.335 e. The van der Waals surface area contributed by atoms with Gasteiger partial charge in [0.25, 0.3) is 0 Å². The molecule has 3 amide bonds. The van der Waals surface area contributed by atoms with Crippen molar-refractivity contribution in [1.29, 1.82) is 5.26 Å². The number of carbonyl (C=O) groups excluding carboxylic acids is 3. The fourth-order valence-corrected chi connectivity index (χ4v) is 4.32. The van der Waals surface area contributed by atoms with E-state index in [4.69, 9.17) is 5.26 Å². The molecule has 7 nitrogen and oxygen atoms in total. The van der Waals surface area contributed by atoms with Gasteiger partial charge in [-0.1, -0.05) is 18.6 Å². The summed E-state index contributed by atoms with van der Waals surface area (Å²) in [4.78, 5) is 43.2. The molecule has 2 aromatic rings. The topological polar surface area (TPSA) is 84.7 Å². The summed E-state index contributed by atoms with van der Waals surface area (Å²) in [6, 6.07) is 9.69. The molecular weight excluding hydrogens is 492 g/mol. The second-order valence-corrected chi connectivity index (χ2v) is 9.16. The van der Waals surface area contributed by atoms with Gasteiger partial charge in [-0.25, -0.2) is 4.39 Å². The van der Waals surface area contributed by atoms with Crippen molar-refractivity contribution in [3.63, 3.8) is 0 Å². The second-order valence-electron chi connectivity index (χ2n) is 9.16. The van der Waals surface area contributed by atoms with Crippen molar-refractivity contribution in [2.45, 2.75) is 32.0 Å². The fraction of sp³-hybridized carbons (Fsp3) is 0.385. The normalized spacial score (nSPS) is 17.5. The van der Waals surface area contributed by atoms with Crippen LogP contribution in [0.1, 0.15) is 36.0 Å². The Morgan fingerprint density at radius 3 is 2.27 bits per heavy atom. The molecule has 4 rings (SSSR count).